The quantitative estimate of drug-likeness (QED) is 0.884. The summed E-state index contributed by atoms with van der Waals surface area (Å²) in [5.41, 5.74) is 1.20. The van der Waals surface area contributed by atoms with Crippen LogP contribution in [0.5, 0.6) is 0 Å². The summed E-state index contributed by atoms with van der Waals surface area (Å²) in [4.78, 5) is 11.9. The third kappa shape index (κ3) is 3.59. The number of amides is 1. The summed E-state index contributed by atoms with van der Waals surface area (Å²) in [6, 6.07) is 9.20. The molecule has 0 spiro atoms. The Morgan fingerprint density at radius 1 is 1.45 bits per heavy atom. The first-order valence-corrected chi connectivity index (χ1v) is 6.75. The average Bonchev–Trinajstić information content (AvgIpc) is 2.94. The molecule has 0 aliphatic carbocycles. The van der Waals surface area contributed by atoms with Crippen molar-refractivity contribution in [1.29, 1.82) is 0 Å². The van der Waals surface area contributed by atoms with Crippen LogP contribution in [0.25, 0.3) is 5.69 Å². The molecule has 20 heavy (non-hydrogen) atoms. The number of benzene rings is 1. The molecule has 0 fully saturated rings. The van der Waals surface area contributed by atoms with Crippen LogP contribution < -0.4 is 10.6 Å². The van der Waals surface area contributed by atoms with Crippen LogP contribution >= 0.6 is 11.6 Å². The van der Waals surface area contributed by atoms with Gasteiger partial charge in [-0.2, -0.15) is 5.10 Å². The number of hydrogen-bond donors (Lipinski definition) is 2. The second-order valence-corrected chi connectivity index (χ2v) is 4.96. The zero-order valence-electron chi connectivity index (χ0n) is 11.4. The molecule has 1 aromatic heterocycles. The van der Waals surface area contributed by atoms with Crippen LogP contribution in [0.4, 0.5) is 0 Å². The molecule has 1 aromatic carbocycles. The monoisotopic (exact) mass is 292 g/mol. The van der Waals surface area contributed by atoms with Crippen molar-refractivity contribution in [3.8, 4) is 5.69 Å². The fraction of sp³-hybridized carbons (Fsp3) is 0.286. The summed E-state index contributed by atoms with van der Waals surface area (Å²) in [7, 11) is 1.85. The normalized spacial score (nSPS) is 12.2. The number of likely N-dealkylation sites (N-methyl/N-ethyl adjacent to an activating group) is 1. The summed E-state index contributed by atoms with van der Waals surface area (Å²) in [6.07, 6.45) is 1.74. The lowest BCUT2D eigenvalue weighted by molar-refractivity contribution is 0.0945. The molecule has 1 atom stereocenters. The number of hydrogen-bond acceptors (Lipinski definition) is 3. The van der Waals surface area contributed by atoms with Crippen molar-refractivity contribution in [1.82, 2.24) is 20.4 Å². The lowest BCUT2D eigenvalue weighted by Gasteiger charge is -2.10. The molecule has 1 unspecified atom stereocenters. The number of rotatable bonds is 5. The summed E-state index contributed by atoms with van der Waals surface area (Å²) < 4.78 is 1.63. The van der Waals surface area contributed by atoms with Gasteiger partial charge >= 0.3 is 0 Å². The highest BCUT2D eigenvalue weighted by atomic mass is 35.5. The van der Waals surface area contributed by atoms with Crippen molar-refractivity contribution >= 4 is 17.5 Å². The lowest BCUT2D eigenvalue weighted by Crippen LogP contribution is -2.37. The van der Waals surface area contributed by atoms with Crippen molar-refractivity contribution in [2.24, 2.45) is 0 Å². The highest BCUT2D eigenvalue weighted by molar-refractivity contribution is 6.30. The van der Waals surface area contributed by atoms with E-state index < -0.39 is 0 Å². The Bertz CT molecular complexity index is 596. The Morgan fingerprint density at radius 2 is 2.25 bits per heavy atom. The number of aromatic nitrogens is 2. The Labute approximate surface area is 122 Å². The maximum atomic E-state index is 11.9. The maximum Gasteiger partial charge on any atom is 0.271 e. The minimum atomic E-state index is -0.187. The molecule has 0 aliphatic heterocycles. The van der Waals surface area contributed by atoms with Crippen molar-refractivity contribution in [3.63, 3.8) is 0 Å². The second kappa shape index (κ2) is 6.54. The van der Waals surface area contributed by atoms with E-state index in [-0.39, 0.29) is 11.9 Å². The summed E-state index contributed by atoms with van der Waals surface area (Å²) in [5, 5.41) is 10.8. The predicted octanol–water partition coefficient (Wildman–Crippen LogP) is 1.86. The molecule has 0 saturated carbocycles. The molecule has 5 nitrogen and oxygen atoms in total. The molecule has 1 amide bonds. The van der Waals surface area contributed by atoms with Gasteiger partial charge in [-0.05, 0) is 38.2 Å². The number of halogens is 1. The van der Waals surface area contributed by atoms with Gasteiger partial charge in [0.1, 0.15) is 0 Å². The number of carbonyl (C=O) groups excluding carboxylic acids is 1. The second-order valence-electron chi connectivity index (χ2n) is 4.53. The molecule has 0 bridgehead atoms. The predicted molar refractivity (Wildman–Crippen MR) is 79.4 cm³/mol. The molecule has 0 radical (unpaired) electrons. The van der Waals surface area contributed by atoms with Crippen molar-refractivity contribution in [2.45, 2.75) is 13.0 Å². The Balaban J connectivity index is 2.07. The third-order valence-electron chi connectivity index (χ3n) is 2.96. The van der Waals surface area contributed by atoms with Crippen LogP contribution in [0.2, 0.25) is 5.02 Å². The number of nitrogens with zero attached hydrogens (tertiary/aromatic N) is 2. The van der Waals surface area contributed by atoms with Crippen LogP contribution in [0.1, 0.15) is 17.4 Å². The molecule has 2 aromatic rings. The van der Waals surface area contributed by atoms with Crippen LogP contribution in [-0.2, 0) is 0 Å². The number of nitrogens with one attached hydrogen (secondary N) is 2. The van der Waals surface area contributed by atoms with E-state index >= 15 is 0 Å². The first-order chi connectivity index (χ1) is 9.60. The minimum absolute atomic E-state index is 0.187. The standard InChI is InChI=1S/C14H17ClN4O/c1-10(16-2)9-17-14(20)13-6-7-19(18-13)12-5-3-4-11(15)8-12/h3-8,10,16H,9H2,1-2H3,(H,17,20). The van der Waals surface area contributed by atoms with Gasteiger partial charge in [-0.15, -0.1) is 0 Å². The SMILES string of the molecule is CNC(C)CNC(=O)c1ccn(-c2cccc(Cl)c2)n1. The Kier molecular flexibility index (Phi) is 4.76. The fourth-order valence-electron chi connectivity index (χ4n) is 1.65. The molecule has 106 valence electrons. The van der Waals surface area contributed by atoms with Gasteiger partial charge in [0.2, 0.25) is 0 Å². The molecule has 0 aliphatic rings. The van der Waals surface area contributed by atoms with E-state index in [9.17, 15) is 4.79 Å². The smallest absolute Gasteiger partial charge is 0.271 e. The van der Waals surface area contributed by atoms with E-state index in [1.165, 1.54) is 0 Å². The number of carbonyl (C=O) groups is 1. The van der Waals surface area contributed by atoms with Crippen molar-refractivity contribution in [2.75, 3.05) is 13.6 Å². The van der Waals surface area contributed by atoms with E-state index in [1.54, 1.807) is 29.1 Å². The van der Waals surface area contributed by atoms with Crippen molar-refractivity contribution < 1.29 is 4.79 Å². The highest BCUT2D eigenvalue weighted by Crippen LogP contribution is 2.14. The van der Waals surface area contributed by atoms with E-state index in [0.717, 1.165) is 5.69 Å². The third-order valence-corrected chi connectivity index (χ3v) is 3.19. The minimum Gasteiger partial charge on any atom is -0.349 e. The zero-order chi connectivity index (χ0) is 14.5. The van der Waals surface area contributed by atoms with Crippen LogP contribution in [0.15, 0.2) is 36.5 Å². The topological polar surface area (TPSA) is 58.9 Å². The van der Waals surface area contributed by atoms with Crippen LogP contribution in [0, 0.1) is 0 Å². The largest absolute Gasteiger partial charge is 0.349 e. The van der Waals surface area contributed by atoms with Gasteiger partial charge < -0.3 is 10.6 Å². The zero-order valence-corrected chi connectivity index (χ0v) is 12.2. The first-order valence-electron chi connectivity index (χ1n) is 6.37. The van der Waals surface area contributed by atoms with Gasteiger partial charge in [0, 0.05) is 23.8 Å². The molecule has 0 saturated heterocycles. The van der Waals surface area contributed by atoms with Crippen molar-refractivity contribution in [3.05, 3.63) is 47.2 Å². The van der Waals surface area contributed by atoms with Gasteiger partial charge in [-0.25, -0.2) is 4.68 Å². The van der Waals surface area contributed by atoms with Gasteiger partial charge in [-0.1, -0.05) is 17.7 Å². The molecular weight excluding hydrogens is 276 g/mol. The molecule has 6 heteroatoms. The lowest BCUT2D eigenvalue weighted by atomic mass is 10.3. The molecule has 1 heterocycles. The van der Waals surface area contributed by atoms with Gasteiger partial charge in [0.05, 0.1) is 5.69 Å². The van der Waals surface area contributed by atoms with Gasteiger partial charge in [-0.3, -0.25) is 4.79 Å². The Morgan fingerprint density at radius 3 is 2.95 bits per heavy atom. The summed E-state index contributed by atoms with van der Waals surface area (Å²) in [6.45, 7) is 2.55. The highest BCUT2D eigenvalue weighted by Gasteiger charge is 2.10. The van der Waals surface area contributed by atoms with E-state index in [4.69, 9.17) is 11.6 Å². The van der Waals surface area contributed by atoms with Gasteiger partial charge in [0.15, 0.2) is 5.69 Å². The van der Waals surface area contributed by atoms with E-state index in [1.807, 2.05) is 26.1 Å². The van der Waals surface area contributed by atoms with Gasteiger partial charge in [0.25, 0.3) is 5.91 Å². The van der Waals surface area contributed by atoms with Crippen LogP contribution in [0.3, 0.4) is 0 Å². The van der Waals surface area contributed by atoms with E-state index in [2.05, 4.69) is 15.7 Å². The Hall–Kier alpha value is -1.85. The molecular formula is C14H17ClN4O. The maximum absolute atomic E-state index is 11.9. The van der Waals surface area contributed by atoms with E-state index in [0.29, 0.717) is 17.3 Å². The first kappa shape index (κ1) is 14.6. The summed E-state index contributed by atoms with van der Waals surface area (Å²) in [5.74, 6) is -0.187. The van der Waals surface area contributed by atoms with Crippen LogP contribution in [-0.4, -0.2) is 35.3 Å². The summed E-state index contributed by atoms with van der Waals surface area (Å²) >= 11 is 5.94. The molecule has 2 rings (SSSR count). The average molecular weight is 293 g/mol. The fourth-order valence-corrected chi connectivity index (χ4v) is 1.83. The molecule has 2 N–H and O–H groups in total.